The standard InChI is InChI=1S/C11H26S/c1-9-12(6,7,8)11(4,5)10(2)3/h10H,6,9H2,1-5,7-8H3. The summed E-state index contributed by atoms with van der Waals surface area (Å²) in [6.07, 6.45) is 4.77. The highest BCUT2D eigenvalue weighted by Crippen LogP contribution is 2.63. The summed E-state index contributed by atoms with van der Waals surface area (Å²) in [5, 5.41) is 0. The Morgan fingerprint density at radius 1 is 1.25 bits per heavy atom. The van der Waals surface area contributed by atoms with Crippen molar-refractivity contribution in [3.8, 4) is 0 Å². The molecule has 0 aliphatic rings. The third kappa shape index (κ3) is 1.76. The molecule has 0 atom stereocenters. The molecule has 0 saturated carbocycles. The zero-order chi connectivity index (χ0) is 10.2. The summed E-state index contributed by atoms with van der Waals surface area (Å²) >= 11 is 0. The molecule has 0 aliphatic carbocycles. The van der Waals surface area contributed by atoms with Gasteiger partial charge in [-0.25, -0.2) is 0 Å². The van der Waals surface area contributed by atoms with Gasteiger partial charge in [-0.15, -0.1) is 0 Å². The lowest BCUT2D eigenvalue weighted by atomic mass is 10.00. The first-order valence-electron chi connectivity index (χ1n) is 4.75. The predicted molar refractivity (Wildman–Crippen MR) is 66.0 cm³/mol. The molecule has 0 aromatic carbocycles. The van der Waals surface area contributed by atoms with Crippen molar-refractivity contribution in [1.29, 1.82) is 0 Å². The van der Waals surface area contributed by atoms with Crippen molar-refractivity contribution < 1.29 is 0 Å². The maximum absolute atomic E-state index is 4.52. The van der Waals surface area contributed by atoms with Gasteiger partial charge in [0.1, 0.15) is 0 Å². The van der Waals surface area contributed by atoms with E-state index in [1.54, 1.807) is 0 Å². The Kier molecular flexibility index (Phi) is 2.92. The predicted octanol–water partition coefficient (Wildman–Crippen LogP) is 3.47. The lowest BCUT2D eigenvalue weighted by Gasteiger charge is -2.56. The lowest BCUT2D eigenvalue weighted by molar-refractivity contribution is 0.495. The summed E-state index contributed by atoms with van der Waals surface area (Å²) in [4.78, 5) is 0. The molecule has 0 rings (SSSR count). The molecule has 0 aromatic heterocycles. The van der Waals surface area contributed by atoms with E-state index in [1.807, 2.05) is 0 Å². The minimum Gasteiger partial charge on any atom is -0.251 e. The summed E-state index contributed by atoms with van der Waals surface area (Å²) in [5.74, 6) is 6.46. The molecule has 0 N–H and O–H groups in total. The lowest BCUT2D eigenvalue weighted by Crippen LogP contribution is -2.38. The molecule has 1 heteroatoms. The molecule has 0 nitrogen and oxygen atoms in total. The van der Waals surface area contributed by atoms with Crippen molar-refractivity contribution in [2.45, 2.75) is 39.4 Å². The Morgan fingerprint density at radius 2 is 1.58 bits per heavy atom. The molecule has 0 aromatic rings. The smallest absolute Gasteiger partial charge is 0.00683 e. The summed E-state index contributed by atoms with van der Waals surface area (Å²) in [6, 6.07) is 0. The van der Waals surface area contributed by atoms with Crippen LogP contribution in [0.3, 0.4) is 0 Å². The van der Waals surface area contributed by atoms with E-state index in [0.717, 1.165) is 0 Å². The first-order valence-corrected chi connectivity index (χ1v) is 7.94. The Hall–Kier alpha value is 0.220. The van der Waals surface area contributed by atoms with Crippen molar-refractivity contribution in [1.82, 2.24) is 0 Å². The molecule has 0 aliphatic heterocycles. The van der Waals surface area contributed by atoms with Crippen LogP contribution >= 0.6 is 8.75 Å². The number of hydrogen-bond acceptors (Lipinski definition) is 0. The molecule has 0 amide bonds. The van der Waals surface area contributed by atoms with Crippen molar-refractivity contribution in [3.05, 3.63) is 0 Å². The summed E-state index contributed by atoms with van der Waals surface area (Å²) in [6.45, 7) is 11.6. The molecular weight excluding hydrogens is 164 g/mol. The molecule has 0 heterocycles. The Labute approximate surface area is 78.6 Å². The van der Waals surface area contributed by atoms with E-state index >= 15 is 0 Å². The van der Waals surface area contributed by atoms with E-state index in [-0.39, 0.29) is 0 Å². The maximum Gasteiger partial charge on any atom is -0.00683 e. The highest BCUT2D eigenvalue weighted by molar-refractivity contribution is 8.46. The summed E-state index contributed by atoms with van der Waals surface area (Å²) < 4.78 is 0.381. The molecule has 0 saturated heterocycles. The molecule has 12 heavy (non-hydrogen) atoms. The minimum absolute atomic E-state index is 0.381. The SMILES string of the molecule is C=S(C)(C)(CC)C(C)(C)C(C)C. The van der Waals surface area contributed by atoms with Gasteiger partial charge in [-0.2, -0.15) is 0 Å². The van der Waals surface area contributed by atoms with Gasteiger partial charge >= 0.3 is 0 Å². The van der Waals surface area contributed by atoms with Crippen LogP contribution in [0.2, 0.25) is 0 Å². The average Bonchev–Trinajstić information content (AvgIpc) is 1.86. The normalized spacial score (nSPS) is 17.5. The van der Waals surface area contributed by atoms with Gasteiger partial charge in [0.15, 0.2) is 0 Å². The Balaban J connectivity index is 5.16. The van der Waals surface area contributed by atoms with Gasteiger partial charge in [-0.1, -0.05) is 40.5 Å². The third-order valence-electron chi connectivity index (χ3n) is 4.11. The maximum atomic E-state index is 4.52. The van der Waals surface area contributed by atoms with Crippen LogP contribution in [0.4, 0.5) is 0 Å². The molecule has 0 bridgehead atoms. The van der Waals surface area contributed by atoms with Crippen LogP contribution in [0.15, 0.2) is 0 Å². The zero-order valence-electron chi connectivity index (χ0n) is 9.90. The molecule has 0 unspecified atom stereocenters. The van der Waals surface area contributed by atoms with Gasteiger partial charge in [-0.05, 0) is 28.9 Å². The molecule has 0 spiro atoms. The fourth-order valence-electron chi connectivity index (χ4n) is 1.18. The first kappa shape index (κ1) is 12.2. The Bertz CT molecular complexity index is 215. The van der Waals surface area contributed by atoms with Crippen LogP contribution in [-0.4, -0.2) is 28.9 Å². The topological polar surface area (TPSA) is 0 Å². The third-order valence-corrected chi connectivity index (χ3v) is 10.0. The largest absolute Gasteiger partial charge is 0.251 e. The molecule has 76 valence electrons. The highest BCUT2D eigenvalue weighted by atomic mass is 32.3. The molecular formula is C11H26S. The highest BCUT2D eigenvalue weighted by Gasteiger charge is 2.38. The number of rotatable bonds is 3. The minimum atomic E-state index is -1.43. The molecule has 0 fully saturated rings. The van der Waals surface area contributed by atoms with Crippen LogP contribution in [0.25, 0.3) is 0 Å². The Morgan fingerprint density at radius 3 is 1.67 bits per heavy atom. The average molecular weight is 190 g/mol. The summed E-state index contributed by atoms with van der Waals surface area (Å²) in [7, 11) is -1.43. The van der Waals surface area contributed by atoms with Gasteiger partial charge in [0.25, 0.3) is 0 Å². The monoisotopic (exact) mass is 190 g/mol. The van der Waals surface area contributed by atoms with Crippen LogP contribution in [0.1, 0.15) is 34.6 Å². The zero-order valence-corrected chi connectivity index (χ0v) is 10.7. The second-order valence-electron chi connectivity index (χ2n) is 5.51. The van der Waals surface area contributed by atoms with Crippen LogP contribution < -0.4 is 0 Å². The van der Waals surface area contributed by atoms with Gasteiger partial charge in [0, 0.05) is 0 Å². The van der Waals surface area contributed by atoms with E-state index in [1.165, 1.54) is 5.75 Å². The summed E-state index contributed by atoms with van der Waals surface area (Å²) in [5.41, 5.74) is 0. The van der Waals surface area contributed by atoms with Crippen molar-refractivity contribution in [2.75, 3.05) is 18.3 Å². The second-order valence-corrected chi connectivity index (χ2v) is 12.1. The van der Waals surface area contributed by atoms with E-state index in [9.17, 15) is 0 Å². The number of hydrogen-bond donors (Lipinski definition) is 0. The van der Waals surface area contributed by atoms with Gasteiger partial charge < -0.3 is 0 Å². The van der Waals surface area contributed by atoms with Gasteiger partial charge in [0.05, 0.1) is 0 Å². The van der Waals surface area contributed by atoms with Gasteiger partial charge in [-0.3, -0.25) is 8.75 Å². The van der Waals surface area contributed by atoms with E-state index in [0.29, 0.717) is 10.7 Å². The van der Waals surface area contributed by atoms with Crippen LogP contribution in [-0.2, 0) is 0 Å². The van der Waals surface area contributed by atoms with Crippen molar-refractivity contribution >= 4 is 14.6 Å². The van der Waals surface area contributed by atoms with Gasteiger partial charge in [0.2, 0.25) is 0 Å². The fourth-order valence-corrected chi connectivity index (χ4v) is 3.53. The van der Waals surface area contributed by atoms with E-state index in [4.69, 9.17) is 0 Å². The fraction of sp³-hybridized carbons (Fsp3) is 0.909. The van der Waals surface area contributed by atoms with Crippen molar-refractivity contribution in [2.24, 2.45) is 5.92 Å². The second kappa shape index (κ2) is 2.87. The van der Waals surface area contributed by atoms with Crippen LogP contribution in [0.5, 0.6) is 0 Å². The van der Waals surface area contributed by atoms with E-state index < -0.39 is 8.75 Å². The first-order chi connectivity index (χ1) is 5.03. The molecule has 0 radical (unpaired) electrons. The van der Waals surface area contributed by atoms with E-state index in [2.05, 4.69) is 53.0 Å². The quantitative estimate of drug-likeness (QED) is 0.598. The van der Waals surface area contributed by atoms with Crippen molar-refractivity contribution in [3.63, 3.8) is 0 Å². The van der Waals surface area contributed by atoms with Crippen LogP contribution in [0, 0.1) is 5.92 Å².